The van der Waals surface area contributed by atoms with E-state index in [0.717, 1.165) is 5.56 Å². The zero-order valence-corrected chi connectivity index (χ0v) is 21.1. The molecule has 0 aliphatic heterocycles. The third kappa shape index (κ3) is 5.07. The summed E-state index contributed by atoms with van der Waals surface area (Å²) >= 11 is 0. The summed E-state index contributed by atoms with van der Waals surface area (Å²) in [5, 5.41) is 0. The van der Waals surface area contributed by atoms with Crippen molar-refractivity contribution in [3.8, 4) is 17.2 Å². The molecule has 0 unspecified atom stereocenters. The average molecular weight is 516 g/mol. The van der Waals surface area contributed by atoms with Gasteiger partial charge in [-0.3, -0.25) is 13.9 Å². The van der Waals surface area contributed by atoms with Crippen LogP contribution in [0.15, 0.2) is 107 Å². The van der Waals surface area contributed by atoms with Crippen molar-refractivity contribution in [2.45, 2.75) is 11.5 Å². The number of hydrogen-bond donors (Lipinski definition) is 1. The molecule has 0 radical (unpaired) electrons. The van der Waals surface area contributed by atoms with Gasteiger partial charge in [-0.1, -0.05) is 54.6 Å². The highest BCUT2D eigenvalue weighted by Gasteiger charge is 2.20. The van der Waals surface area contributed by atoms with E-state index in [-0.39, 0.29) is 22.0 Å². The van der Waals surface area contributed by atoms with Crippen LogP contribution in [0, 0.1) is 0 Å². The van der Waals surface area contributed by atoms with Crippen molar-refractivity contribution >= 4 is 26.7 Å². The van der Waals surface area contributed by atoms with E-state index in [4.69, 9.17) is 9.47 Å². The summed E-state index contributed by atoms with van der Waals surface area (Å²) < 4.78 is 43.9. The maximum atomic E-state index is 13.1. The van der Waals surface area contributed by atoms with Crippen LogP contribution in [0.1, 0.15) is 5.56 Å². The Balaban J connectivity index is 1.51. The fourth-order valence-corrected chi connectivity index (χ4v) is 5.07. The van der Waals surface area contributed by atoms with Gasteiger partial charge >= 0.3 is 5.69 Å². The van der Waals surface area contributed by atoms with Crippen molar-refractivity contribution in [1.82, 2.24) is 9.13 Å². The lowest BCUT2D eigenvalue weighted by atomic mass is 10.2. The third-order valence-corrected chi connectivity index (χ3v) is 7.33. The second kappa shape index (κ2) is 9.87. The van der Waals surface area contributed by atoms with Crippen LogP contribution < -0.4 is 19.9 Å². The molecule has 37 heavy (non-hydrogen) atoms. The van der Waals surface area contributed by atoms with Gasteiger partial charge in [-0.2, -0.15) is 0 Å². The van der Waals surface area contributed by atoms with Crippen molar-refractivity contribution < 1.29 is 17.9 Å². The fraction of sp³-hybridized carbons (Fsp3) is 0.107. The molecule has 0 bridgehead atoms. The van der Waals surface area contributed by atoms with Gasteiger partial charge in [0.15, 0.2) is 5.75 Å². The number of ether oxygens (including phenoxy) is 2. The van der Waals surface area contributed by atoms with E-state index in [1.807, 2.05) is 36.4 Å². The number of imidazole rings is 1. The van der Waals surface area contributed by atoms with Crippen LogP contribution in [0.3, 0.4) is 0 Å². The van der Waals surface area contributed by atoms with Gasteiger partial charge in [-0.05, 0) is 35.9 Å². The van der Waals surface area contributed by atoms with Crippen LogP contribution in [0.4, 0.5) is 5.69 Å². The van der Waals surface area contributed by atoms with E-state index in [0.29, 0.717) is 29.1 Å². The Kier molecular flexibility index (Phi) is 6.45. The molecule has 0 aliphatic carbocycles. The molecule has 0 amide bonds. The number of hydrogen-bond acceptors (Lipinski definition) is 5. The SMILES string of the molecule is Cn1c(=O)n(C)c2cc(Oc3cccc(OCc4ccccc4)c3)c(NS(=O)(=O)c3ccccc3)cc21. The van der Waals surface area contributed by atoms with Crippen LogP contribution in [0.2, 0.25) is 0 Å². The monoisotopic (exact) mass is 515 g/mol. The van der Waals surface area contributed by atoms with Gasteiger partial charge in [0.05, 0.1) is 21.6 Å². The van der Waals surface area contributed by atoms with E-state index in [2.05, 4.69) is 4.72 Å². The highest BCUT2D eigenvalue weighted by atomic mass is 32.2. The van der Waals surface area contributed by atoms with Crippen LogP contribution >= 0.6 is 0 Å². The summed E-state index contributed by atoms with van der Waals surface area (Å²) in [6.07, 6.45) is 0. The Hall–Kier alpha value is -4.50. The van der Waals surface area contributed by atoms with Crippen LogP contribution in [-0.4, -0.2) is 17.6 Å². The van der Waals surface area contributed by atoms with Crippen LogP contribution in [-0.2, 0) is 30.7 Å². The maximum absolute atomic E-state index is 13.1. The van der Waals surface area contributed by atoms with Crippen molar-refractivity contribution in [1.29, 1.82) is 0 Å². The molecular formula is C28H25N3O5S. The predicted molar refractivity (Wildman–Crippen MR) is 143 cm³/mol. The molecule has 4 aromatic carbocycles. The first-order valence-electron chi connectivity index (χ1n) is 11.5. The first-order valence-corrected chi connectivity index (χ1v) is 13.0. The molecule has 5 aromatic rings. The molecular weight excluding hydrogens is 490 g/mol. The molecule has 0 saturated carbocycles. The summed E-state index contributed by atoms with van der Waals surface area (Å²) in [5.74, 6) is 1.29. The molecule has 0 fully saturated rings. The summed E-state index contributed by atoms with van der Waals surface area (Å²) in [6, 6.07) is 28.2. The molecule has 0 saturated heterocycles. The molecule has 1 N–H and O–H groups in total. The van der Waals surface area contributed by atoms with Crippen LogP contribution in [0.5, 0.6) is 17.2 Å². The second-order valence-corrected chi connectivity index (χ2v) is 10.2. The van der Waals surface area contributed by atoms with E-state index in [9.17, 15) is 13.2 Å². The maximum Gasteiger partial charge on any atom is 0.328 e. The van der Waals surface area contributed by atoms with Gasteiger partial charge in [-0.25, -0.2) is 13.2 Å². The van der Waals surface area contributed by atoms with Gasteiger partial charge in [0, 0.05) is 26.2 Å². The topological polar surface area (TPSA) is 91.6 Å². The minimum atomic E-state index is -3.91. The van der Waals surface area contributed by atoms with Crippen molar-refractivity contribution in [2.24, 2.45) is 14.1 Å². The third-order valence-electron chi connectivity index (χ3n) is 5.95. The van der Waals surface area contributed by atoms with Gasteiger partial charge < -0.3 is 9.47 Å². The van der Waals surface area contributed by atoms with Gasteiger partial charge in [0.2, 0.25) is 0 Å². The normalized spacial score (nSPS) is 11.4. The Morgan fingerprint density at radius 1 is 0.757 bits per heavy atom. The standard InChI is InChI=1S/C28H25N3O5S/c1-30-25-17-24(29-37(33,34)23-14-7-4-8-15-23)27(18-26(25)31(2)28(30)32)36-22-13-9-12-21(16-22)35-19-20-10-5-3-6-11-20/h3-18,29H,19H2,1-2H3. The fourth-order valence-electron chi connectivity index (χ4n) is 3.99. The second-order valence-electron chi connectivity index (χ2n) is 8.51. The van der Waals surface area contributed by atoms with E-state index < -0.39 is 10.0 Å². The molecule has 9 heteroatoms. The predicted octanol–water partition coefficient (Wildman–Crippen LogP) is 5.05. The number of benzene rings is 4. The number of nitrogens with one attached hydrogen (secondary N) is 1. The minimum Gasteiger partial charge on any atom is -0.489 e. The molecule has 1 heterocycles. The average Bonchev–Trinajstić information content (AvgIpc) is 3.12. The van der Waals surface area contributed by atoms with Crippen molar-refractivity contribution in [2.75, 3.05) is 4.72 Å². The number of fused-ring (bicyclic) bond motifs is 1. The highest BCUT2D eigenvalue weighted by Crippen LogP contribution is 2.36. The number of aromatic nitrogens is 2. The first kappa shape index (κ1) is 24.2. The molecule has 0 atom stereocenters. The molecule has 0 aliphatic rings. The molecule has 1 aromatic heterocycles. The number of nitrogens with zero attached hydrogens (tertiary/aromatic N) is 2. The Bertz CT molecular complexity index is 1730. The van der Waals surface area contributed by atoms with Crippen LogP contribution in [0.25, 0.3) is 11.0 Å². The molecule has 0 spiro atoms. The number of anilines is 1. The van der Waals surface area contributed by atoms with Gasteiger partial charge in [-0.15, -0.1) is 0 Å². The molecule has 8 nitrogen and oxygen atoms in total. The van der Waals surface area contributed by atoms with E-state index >= 15 is 0 Å². The minimum absolute atomic E-state index is 0.110. The Morgan fingerprint density at radius 3 is 2.08 bits per heavy atom. The summed E-state index contributed by atoms with van der Waals surface area (Å²) in [5.41, 5.74) is 2.16. The van der Waals surface area contributed by atoms with Crippen molar-refractivity contribution in [3.05, 3.63) is 113 Å². The van der Waals surface area contributed by atoms with Crippen molar-refractivity contribution in [3.63, 3.8) is 0 Å². The zero-order valence-electron chi connectivity index (χ0n) is 20.3. The largest absolute Gasteiger partial charge is 0.489 e. The summed E-state index contributed by atoms with van der Waals surface area (Å²) in [7, 11) is -0.623. The van der Waals surface area contributed by atoms with Gasteiger partial charge in [0.25, 0.3) is 10.0 Å². The van der Waals surface area contributed by atoms with Gasteiger partial charge in [0.1, 0.15) is 18.1 Å². The lowest BCUT2D eigenvalue weighted by Gasteiger charge is -2.15. The zero-order chi connectivity index (χ0) is 26.0. The first-order chi connectivity index (χ1) is 17.8. The number of aryl methyl sites for hydroxylation is 2. The molecule has 188 valence electrons. The molecule has 5 rings (SSSR count). The lowest BCUT2D eigenvalue weighted by molar-refractivity contribution is 0.304. The van der Waals surface area contributed by atoms with E-state index in [1.165, 1.54) is 21.3 Å². The summed E-state index contributed by atoms with van der Waals surface area (Å²) in [6.45, 7) is 0.393. The highest BCUT2D eigenvalue weighted by molar-refractivity contribution is 7.92. The lowest BCUT2D eigenvalue weighted by Crippen LogP contribution is -2.19. The number of sulfonamides is 1. The Labute approximate surface area is 214 Å². The van der Waals surface area contributed by atoms with E-state index in [1.54, 1.807) is 62.6 Å². The number of rotatable bonds is 8. The Morgan fingerprint density at radius 2 is 1.38 bits per heavy atom. The quantitative estimate of drug-likeness (QED) is 0.312. The smallest absolute Gasteiger partial charge is 0.328 e. The summed E-state index contributed by atoms with van der Waals surface area (Å²) in [4.78, 5) is 12.6.